The lowest BCUT2D eigenvalue weighted by molar-refractivity contribution is -0.118. The van der Waals surface area contributed by atoms with Crippen LogP contribution >= 0.6 is 0 Å². The molecule has 3 aromatic rings. The Morgan fingerprint density at radius 2 is 2.03 bits per heavy atom. The van der Waals surface area contributed by atoms with Crippen molar-refractivity contribution < 1.29 is 4.79 Å². The first-order valence-corrected chi connectivity index (χ1v) is 9.87. The van der Waals surface area contributed by atoms with E-state index in [4.69, 9.17) is 4.98 Å². The molecular formula is C22H22N6O. The molecule has 2 aliphatic rings. The maximum atomic E-state index is 13.3. The fraction of sp³-hybridized carbons (Fsp3) is 0.318. The predicted molar refractivity (Wildman–Crippen MR) is 111 cm³/mol. The van der Waals surface area contributed by atoms with Crippen LogP contribution in [0.4, 0.5) is 11.5 Å². The number of pyridine rings is 2. The number of nitrogens with one attached hydrogen (secondary N) is 1. The summed E-state index contributed by atoms with van der Waals surface area (Å²) in [5.74, 6) is 0.377. The molecule has 7 nitrogen and oxygen atoms in total. The quantitative estimate of drug-likeness (QED) is 0.745. The van der Waals surface area contributed by atoms with Crippen molar-refractivity contribution in [1.29, 1.82) is 0 Å². The highest BCUT2D eigenvalue weighted by Crippen LogP contribution is 2.44. The van der Waals surface area contributed by atoms with E-state index in [1.807, 2.05) is 32.0 Å². The Bertz CT molecular complexity index is 1100. The summed E-state index contributed by atoms with van der Waals surface area (Å²) in [5, 5.41) is 2.96. The minimum absolute atomic E-state index is 0.0618. The lowest BCUT2D eigenvalue weighted by Gasteiger charge is -2.32. The average molecular weight is 386 g/mol. The summed E-state index contributed by atoms with van der Waals surface area (Å²) in [6, 6.07) is 8.11. The number of fused-ring (bicyclic) bond motifs is 4. The van der Waals surface area contributed by atoms with Gasteiger partial charge >= 0.3 is 0 Å². The zero-order valence-corrected chi connectivity index (χ0v) is 16.5. The number of anilines is 2. The fourth-order valence-corrected chi connectivity index (χ4v) is 4.40. The van der Waals surface area contributed by atoms with Crippen molar-refractivity contribution >= 4 is 17.4 Å². The summed E-state index contributed by atoms with van der Waals surface area (Å²) in [6.07, 6.45) is 6.03. The van der Waals surface area contributed by atoms with Crippen molar-refractivity contribution in [2.24, 2.45) is 5.92 Å². The number of aromatic nitrogens is 4. The highest BCUT2D eigenvalue weighted by molar-refractivity contribution is 5.96. The van der Waals surface area contributed by atoms with Crippen molar-refractivity contribution in [1.82, 2.24) is 19.9 Å². The van der Waals surface area contributed by atoms with Gasteiger partial charge < -0.3 is 10.2 Å². The molecular weight excluding hydrogens is 364 g/mol. The largest absolute Gasteiger partial charge is 0.370 e. The molecule has 0 radical (unpaired) electrons. The van der Waals surface area contributed by atoms with Gasteiger partial charge in [-0.2, -0.15) is 0 Å². The third kappa shape index (κ3) is 3.22. The molecule has 7 heteroatoms. The van der Waals surface area contributed by atoms with Gasteiger partial charge in [-0.25, -0.2) is 9.97 Å². The monoisotopic (exact) mass is 386 g/mol. The first kappa shape index (κ1) is 17.7. The van der Waals surface area contributed by atoms with Crippen LogP contribution in [-0.4, -0.2) is 38.9 Å². The second-order valence-corrected chi connectivity index (χ2v) is 7.79. The lowest BCUT2D eigenvalue weighted by Crippen LogP contribution is -2.36. The highest BCUT2D eigenvalue weighted by atomic mass is 16.2. The summed E-state index contributed by atoms with van der Waals surface area (Å²) in [4.78, 5) is 33.4. The van der Waals surface area contributed by atoms with Crippen LogP contribution in [0.25, 0.3) is 11.3 Å². The zero-order valence-electron chi connectivity index (χ0n) is 16.5. The van der Waals surface area contributed by atoms with Crippen molar-refractivity contribution in [3.8, 4) is 11.3 Å². The number of aryl methyl sites for hydroxylation is 2. The maximum Gasteiger partial charge on any atom is 0.235 e. The molecule has 5 heterocycles. The van der Waals surface area contributed by atoms with E-state index in [-0.39, 0.29) is 17.7 Å². The molecule has 1 fully saturated rings. The fourth-order valence-electron chi connectivity index (χ4n) is 4.40. The van der Waals surface area contributed by atoms with E-state index in [9.17, 15) is 4.79 Å². The van der Waals surface area contributed by atoms with Gasteiger partial charge in [-0.3, -0.25) is 14.8 Å². The van der Waals surface area contributed by atoms with Crippen LogP contribution in [0.5, 0.6) is 0 Å². The molecule has 2 bridgehead atoms. The van der Waals surface area contributed by atoms with Gasteiger partial charge in [0.05, 0.1) is 34.9 Å². The summed E-state index contributed by atoms with van der Waals surface area (Å²) in [5.41, 5.74) is 5.50. The molecule has 2 atom stereocenters. The van der Waals surface area contributed by atoms with Crippen LogP contribution in [0.15, 0.2) is 42.9 Å². The molecule has 0 aromatic carbocycles. The van der Waals surface area contributed by atoms with Crippen LogP contribution < -0.4 is 10.2 Å². The van der Waals surface area contributed by atoms with Crippen molar-refractivity contribution in [3.05, 3.63) is 59.9 Å². The molecule has 3 aromatic heterocycles. The lowest BCUT2D eigenvalue weighted by atomic mass is 9.84. The van der Waals surface area contributed by atoms with Crippen LogP contribution in [0.3, 0.4) is 0 Å². The SMILES string of the molecule is Cc1cc(-c2ccc3c(n2)C(C(=O)Nc2cncc(C)n2)[C@H]2CCN3C2)ccn1. The van der Waals surface area contributed by atoms with Gasteiger partial charge in [-0.1, -0.05) is 0 Å². The molecule has 1 saturated heterocycles. The number of amides is 1. The van der Waals surface area contributed by atoms with E-state index in [0.29, 0.717) is 5.82 Å². The molecule has 1 N–H and O–H groups in total. The third-order valence-corrected chi connectivity index (χ3v) is 5.71. The van der Waals surface area contributed by atoms with Gasteiger partial charge in [0, 0.05) is 36.7 Å². The molecule has 146 valence electrons. The summed E-state index contributed by atoms with van der Waals surface area (Å²) >= 11 is 0. The highest BCUT2D eigenvalue weighted by Gasteiger charge is 2.43. The summed E-state index contributed by atoms with van der Waals surface area (Å²) in [7, 11) is 0. The topological polar surface area (TPSA) is 83.9 Å². The van der Waals surface area contributed by atoms with E-state index in [2.05, 4.69) is 31.2 Å². The number of hydrogen-bond acceptors (Lipinski definition) is 6. The van der Waals surface area contributed by atoms with Gasteiger partial charge in [0.25, 0.3) is 0 Å². The molecule has 2 aliphatic heterocycles. The van der Waals surface area contributed by atoms with Crippen molar-refractivity contribution in [2.75, 3.05) is 23.3 Å². The van der Waals surface area contributed by atoms with Gasteiger partial charge in [0.1, 0.15) is 0 Å². The van der Waals surface area contributed by atoms with Crippen LogP contribution in [0.2, 0.25) is 0 Å². The first-order chi connectivity index (χ1) is 14.1. The van der Waals surface area contributed by atoms with Crippen molar-refractivity contribution in [2.45, 2.75) is 26.2 Å². The van der Waals surface area contributed by atoms with E-state index in [1.54, 1.807) is 18.6 Å². The number of carbonyl (C=O) groups is 1. The van der Waals surface area contributed by atoms with E-state index < -0.39 is 0 Å². The Morgan fingerprint density at radius 3 is 2.86 bits per heavy atom. The second kappa shape index (κ2) is 6.92. The number of nitrogens with zero attached hydrogens (tertiary/aromatic N) is 5. The van der Waals surface area contributed by atoms with Gasteiger partial charge in [-0.15, -0.1) is 0 Å². The molecule has 0 aliphatic carbocycles. The summed E-state index contributed by atoms with van der Waals surface area (Å²) < 4.78 is 0. The van der Waals surface area contributed by atoms with Gasteiger partial charge in [0.2, 0.25) is 5.91 Å². The molecule has 29 heavy (non-hydrogen) atoms. The standard InChI is InChI=1S/C22H22N6O/c1-13-9-15(5-7-24-13)17-3-4-18-21(26-17)20(16-6-8-28(18)12-16)22(29)27-19-11-23-10-14(2)25-19/h3-5,7,9-11,16,20H,6,8,12H2,1-2H3,(H,25,27,29)/t16-,20?/m0/s1. The van der Waals surface area contributed by atoms with Gasteiger partial charge in [-0.05, 0) is 50.5 Å². The normalized spacial score (nSPS) is 19.7. The number of rotatable bonds is 3. The Balaban J connectivity index is 1.53. The Kier molecular flexibility index (Phi) is 4.23. The van der Waals surface area contributed by atoms with Crippen LogP contribution in [0, 0.1) is 19.8 Å². The average Bonchev–Trinajstić information content (AvgIpc) is 3.12. The molecule has 1 amide bonds. The smallest absolute Gasteiger partial charge is 0.235 e. The predicted octanol–water partition coefficient (Wildman–Crippen LogP) is 3.11. The molecule has 0 saturated carbocycles. The second-order valence-electron chi connectivity index (χ2n) is 7.79. The number of hydrogen-bond donors (Lipinski definition) is 1. The molecule has 5 rings (SSSR count). The van der Waals surface area contributed by atoms with E-state index in [1.165, 1.54) is 0 Å². The molecule has 0 spiro atoms. The van der Waals surface area contributed by atoms with Gasteiger partial charge in [0.15, 0.2) is 5.82 Å². The van der Waals surface area contributed by atoms with Crippen LogP contribution in [0.1, 0.15) is 29.4 Å². The third-order valence-electron chi connectivity index (χ3n) is 5.71. The van der Waals surface area contributed by atoms with E-state index >= 15 is 0 Å². The van der Waals surface area contributed by atoms with Crippen LogP contribution in [-0.2, 0) is 4.79 Å². The Hall–Kier alpha value is -3.35. The Labute approximate surface area is 169 Å². The van der Waals surface area contributed by atoms with E-state index in [0.717, 1.165) is 53.5 Å². The number of carbonyl (C=O) groups excluding carboxylic acids is 1. The minimum Gasteiger partial charge on any atom is -0.370 e. The molecule has 1 unspecified atom stereocenters. The maximum absolute atomic E-state index is 13.3. The first-order valence-electron chi connectivity index (χ1n) is 9.87. The Morgan fingerprint density at radius 1 is 1.14 bits per heavy atom. The zero-order chi connectivity index (χ0) is 20.0. The summed E-state index contributed by atoms with van der Waals surface area (Å²) in [6.45, 7) is 5.67. The van der Waals surface area contributed by atoms with Crippen molar-refractivity contribution in [3.63, 3.8) is 0 Å². The minimum atomic E-state index is -0.297.